The predicted molar refractivity (Wildman–Crippen MR) is 104 cm³/mol. The van der Waals surface area contributed by atoms with Crippen LogP contribution in [0.2, 0.25) is 0 Å². The monoisotopic (exact) mass is 413 g/mol. The Morgan fingerprint density at radius 1 is 1.23 bits per heavy atom. The van der Waals surface area contributed by atoms with Crippen molar-refractivity contribution in [3.63, 3.8) is 0 Å². The van der Waals surface area contributed by atoms with E-state index in [-0.39, 0.29) is 0 Å². The number of benzene rings is 2. The van der Waals surface area contributed by atoms with Crippen LogP contribution in [0, 0.1) is 6.92 Å². The lowest BCUT2D eigenvalue weighted by atomic mass is 10.2. The van der Waals surface area contributed by atoms with Gasteiger partial charge in [0, 0.05) is 10.0 Å². The molecule has 0 aliphatic carbocycles. The highest BCUT2D eigenvalue weighted by Crippen LogP contribution is 2.18. The van der Waals surface area contributed by atoms with Crippen LogP contribution >= 0.6 is 15.9 Å². The molecule has 7 nitrogen and oxygen atoms in total. The van der Waals surface area contributed by atoms with Gasteiger partial charge in [-0.1, -0.05) is 40.2 Å². The van der Waals surface area contributed by atoms with Crippen molar-refractivity contribution in [1.82, 2.24) is 15.2 Å². The van der Waals surface area contributed by atoms with Gasteiger partial charge in [0.1, 0.15) is 18.1 Å². The van der Waals surface area contributed by atoms with E-state index in [1.807, 2.05) is 48.5 Å². The van der Waals surface area contributed by atoms with Crippen LogP contribution in [0.4, 0.5) is 5.82 Å². The fraction of sp³-hybridized carbons (Fsp3) is 0.111. The second-order valence-corrected chi connectivity index (χ2v) is 6.31. The van der Waals surface area contributed by atoms with Gasteiger partial charge in [-0.05, 0) is 36.8 Å². The number of ether oxygens (including phenoxy) is 1. The number of aryl methyl sites for hydroxylation is 1. The van der Waals surface area contributed by atoms with Gasteiger partial charge in [0.2, 0.25) is 0 Å². The molecule has 0 aliphatic rings. The highest BCUT2D eigenvalue weighted by atomic mass is 79.9. The third-order valence-electron chi connectivity index (χ3n) is 3.48. The second-order valence-electron chi connectivity index (χ2n) is 5.40. The average Bonchev–Trinajstić information content (AvgIpc) is 2.65. The van der Waals surface area contributed by atoms with Gasteiger partial charge in [0.05, 0.1) is 6.21 Å². The van der Waals surface area contributed by atoms with Crippen molar-refractivity contribution in [2.75, 3.05) is 5.43 Å². The number of hydrazone groups is 1. The van der Waals surface area contributed by atoms with Crippen molar-refractivity contribution < 1.29 is 4.74 Å². The maximum Gasteiger partial charge on any atom is 0.363 e. The van der Waals surface area contributed by atoms with E-state index in [9.17, 15) is 4.79 Å². The van der Waals surface area contributed by atoms with Gasteiger partial charge in [0.25, 0.3) is 0 Å². The minimum Gasteiger partial charge on any atom is -0.488 e. The number of anilines is 1. The Morgan fingerprint density at radius 3 is 2.81 bits per heavy atom. The quantitative estimate of drug-likeness (QED) is 0.477. The number of aromatic nitrogens is 3. The molecule has 0 unspecified atom stereocenters. The van der Waals surface area contributed by atoms with Gasteiger partial charge in [0.15, 0.2) is 5.82 Å². The first-order chi connectivity index (χ1) is 12.6. The summed E-state index contributed by atoms with van der Waals surface area (Å²) in [7, 11) is 0. The molecule has 3 aromatic rings. The number of aromatic amines is 1. The molecule has 1 heterocycles. The highest BCUT2D eigenvalue weighted by Gasteiger charge is 2.03. The molecule has 1 aromatic heterocycles. The van der Waals surface area contributed by atoms with Crippen LogP contribution in [0.1, 0.15) is 16.8 Å². The minimum atomic E-state index is -0.536. The van der Waals surface area contributed by atoms with Crippen LogP contribution in [0.5, 0.6) is 5.75 Å². The van der Waals surface area contributed by atoms with Crippen LogP contribution in [0.3, 0.4) is 0 Å². The van der Waals surface area contributed by atoms with Crippen molar-refractivity contribution in [3.05, 3.63) is 80.3 Å². The number of rotatable bonds is 6. The molecule has 3 rings (SSSR count). The summed E-state index contributed by atoms with van der Waals surface area (Å²) in [5.41, 5.74) is 4.59. The van der Waals surface area contributed by atoms with Crippen LogP contribution in [-0.4, -0.2) is 21.4 Å². The zero-order chi connectivity index (χ0) is 18.4. The molecular weight excluding hydrogens is 398 g/mol. The van der Waals surface area contributed by atoms with Crippen molar-refractivity contribution >= 4 is 28.0 Å². The maximum absolute atomic E-state index is 11.2. The van der Waals surface area contributed by atoms with E-state index in [0.29, 0.717) is 23.9 Å². The van der Waals surface area contributed by atoms with Crippen molar-refractivity contribution in [1.29, 1.82) is 0 Å². The zero-order valence-corrected chi connectivity index (χ0v) is 15.5. The molecule has 0 radical (unpaired) electrons. The molecule has 0 fully saturated rings. The molecular formula is C18H16BrN5O2. The largest absolute Gasteiger partial charge is 0.488 e. The lowest BCUT2D eigenvalue weighted by Crippen LogP contribution is -2.15. The fourth-order valence-corrected chi connectivity index (χ4v) is 2.39. The third-order valence-corrected chi connectivity index (χ3v) is 4.00. The van der Waals surface area contributed by atoms with E-state index < -0.39 is 5.69 Å². The molecule has 0 bridgehead atoms. The first-order valence-corrected chi connectivity index (χ1v) is 8.60. The minimum absolute atomic E-state index is 0.304. The molecule has 26 heavy (non-hydrogen) atoms. The normalized spacial score (nSPS) is 10.8. The van der Waals surface area contributed by atoms with Gasteiger partial charge in [-0.15, -0.1) is 0 Å². The van der Waals surface area contributed by atoms with E-state index in [0.717, 1.165) is 15.6 Å². The molecule has 8 heteroatoms. The number of nitrogens with one attached hydrogen (secondary N) is 2. The summed E-state index contributed by atoms with van der Waals surface area (Å²) in [6.07, 6.45) is 1.61. The molecule has 0 saturated carbocycles. The Hall–Kier alpha value is -3.00. The van der Waals surface area contributed by atoms with Crippen LogP contribution in [0.15, 0.2) is 62.9 Å². The number of nitrogens with zero attached hydrogens (tertiary/aromatic N) is 3. The van der Waals surface area contributed by atoms with Crippen LogP contribution in [0.25, 0.3) is 0 Å². The first kappa shape index (κ1) is 17.8. The van der Waals surface area contributed by atoms with Gasteiger partial charge in [-0.25, -0.2) is 9.89 Å². The van der Waals surface area contributed by atoms with Gasteiger partial charge >= 0.3 is 5.69 Å². The summed E-state index contributed by atoms with van der Waals surface area (Å²) < 4.78 is 6.92. The van der Waals surface area contributed by atoms with Gasteiger partial charge in [-0.3, -0.25) is 5.43 Å². The molecule has 0 saturated heterocycles. The fourth-order valence-electron chi connectivity index (χ4n) is 2.12. The number of halogens is 1. The van der Waals surface area contributed by atoms with E-state index in [1.165, 1.54) is 0 Å². The standard InChI is InChI=1S/C18H16BrN5O2/c1-12-17(21-18(25)24-22-12)23-20-10-14-4-2-3-5-16(14)26-11-13-6-8-15(19)9-7-13/h2-10H,11H2,1H3,(H2,21,23,24,25)/b20-10-. The van der Waals surface area contributed by atoms with Crippen molar-refractivity contribution in [2.45, 2.75) is 13.5 Å². The smallest absolute Gasteiger partial charge is 0.363 e. The first-order valence-electron chi connectivity index (χ1n) is 7.80. The van der Waals surface area contributed by atoms with E-state index >= 15 is 0 Å². The SMILES string of the molecule is Cc1n[nH]c(=O)nc1N/N=C\c1ccccc1OCc1ccc(Br)cc1. The highest BCUT2D eigenvalue weighted by molar-refractivity contribution is 9.10. The summed E-state index contributed by atoms with van der Waals surface area (Å²) in [5.74, 6) is 1.01. The summed E-state index contributed by atoms with van der Waals surface area (Å²) in [6, 6.07) is 15.5. The number of H-pyrrole nitrogens is 1. The second kappa shape index (κ2) is 8.39. The Morgan fingerprint density at radius 2 is 2.00 bits per heavy atom. The summed E-state index contributed by atoms with van der Waals surface area (Å²) in [4.78, 5) is 15.0. The van der Waals surface area contributed by atoms with E-state index in [2.05, 4.69) is 41.6 Å². The van der Waals surface area contributed by atoms with Crippen LogP contribution < -0.4 is 15.9 Å². The van der Waals surface area contributed by atoms with Crippen LogP contribution in [-0.2, 0) is 6.61 Å². The van der Waals surface area contributed by atoms with Gasteiger partial charge in [-0.2, -0.15) is 15.2 Å². The molecule has 0 amide bonds. The number of para-hydroxylation sites is 1. The zero-order valence-electron chi connectivity index (χ0n) is 13.9. The Bertz CT molecular complexity index is 970. The summed E-state index contributed by atoms with van der Waals surface area (Å²) in [5, 5.41) is 10.2. The Labute approximate surface area is 158 Å². The summed E-state index contributed by atoms with van der Waals surface area (Å²) >= 11 is 3.41. The maximum atomic E-state index is 11.2. The predicted octanol–water partition coefficient (Wildman–Crippen LogP) is 3.26. The molecule has 0 atom stereocenters. The Balaban J connectivity index is 1.69. The number of hydrogen-bond donors (Lipinski definition) is 2. The summed E-state index contributed by atoms with van der Waals surface area (Å²) in [6.45, 7) is 2.17. The lowest BCUT2D eigenvalue weighted by Gasteiger charge is -2.09. The molecule has 2 aromatic carbocycles. The van der Waals surface area contributed by atoms with Crippen molar-refractivity contribution in [2.24, 2.45) is 5.10 Å². The molecule has 0 spiro atoms. The molecule has 132 valence electrons. The number of hydrogen-bond acceptors (Lipinski definition) is 6. The van der Waals surface area contributed by atoms with Crippen molar-refractivity contribution in [3.8, 4) is 5.75 Å². The molecule has 2 N–H and O–H groups in total. The third kappa shape index (κ3) is 4.76. The van der Waals surface area contributed by atoms with E-state index in [1.54, 1.807) is 13.1 Å². The Kier molecular flexibility index (Phi) is 5.75. The lowest BCUT2D eigenvalue weighted by molar-refractivity contribution is 0.306. The molecule has 0 aliphatic heterocycles. The van der Waals surface area contributed by atoms with Gasteiger partial charge < -0.3 is 4.74 Å². The van der Waals surface area contributed by atoms with E-state index in [4.69, 9.17) is 4.74 Å². The topological polar surface area (TPSA) is 92.3 Å². The average molecular weight is 414 g/mol.